The van der Waals surface area contributed by atoms with Crippen LogP contribution in [0.1, 0.15) is 30.4 Å². The molecule has 5 nitrogen and oxygen atoms in total. The van der Waals surface area contributed by atoms with Gasteiger partial charge in [-0.1, -0.05) is 54.6 Å². The van der Waals surface area contributed by atoms with Crippen LogP contribution in [0.25, 0.3) is 33.3 Å². The van der Waals surface area contributed by atoms with Crippen molar-refractivity contribution >= 4 is 10.9 Å². The minimum Gasteiger partial charge on any atom is -0.327 e. The summed E-state index contributed by atoms with van der Waals surface area (Å²) in [6, 6.07) is 22.0. The highest BCUT2D eigenvalue weighted by Crippen LogP contribution is 2.40. The maximum atomic E-state index is 12.5. The van der Waals surface area contributed by atoms with Crippen LogP contribution in [0, 0.1) is 11.3 Å². The maximum Gasteiger partial charge on any atom is 0.257 e. The van der Waals surface area contributed by atoms with Crippen LogP contribution in [0.3, 0.4) is 0 Å². The fourth-order valence-electron chi connectivity index (χ4n) is 4.12. The number of nitrogens with two attached hydrogens (primary N) is 1. The molecule has 1 aliphatic carbocycles. The van der Waals surface area contributed by atoms with Crippen LogP contribution in [-0.2, 0) is 5.54 Å². The Balaban J connectivity index is 0.000000771. The van der Waals surface area contributed by atoms with Gasteiger partial charge >= 0.3 is 0 Å². The molecule has 34 heavy (non-hydrogen) atoms. The van der Waals surface area contributed by atoms with Crippen molar-refractivity contribution in [3.05, 3.63) is 88.3 Å². The van der Waals surface area contributed by atoms with Crippen LogP contribution in [0.5, 0.6) is 0 Å². The van der Waals surface area contributed by atoms with Crippen molar-refractivity contribution in [1.82, 2.24) is 9.97 Å². The van der Waals surface area contributed by atoms with Gasteiger partial charge in [0.25, 0.3) is 5.56 Å². The first-order chi connectivity index (χ1) is 16.6. The van der Waals surface area contributed by atoms with E-state index in [0.29, 0.717) is 30.8 Å². The third kappa shape index (κ3) is 4.59. The Hall–Kier alpha value is -3.89. The van der Waals surface area contributed by atoms with E-state index in [-0.39, 0.29) is 11.1 Å². The molecule has 2 aromatic heterocycles. The minimum atomic E-state index is -0.259. The molecule has 174 valence electrons. The van der Waals surface area contributed by atoms with Crippen molar-refractivity contribution in [3.63, 3.8) is 0 Å². The zero-order valence-electron chi connectivity index (χ0n) is 19.1. The summed E-state index contributed by atoms with van der Waals surface area (Å²) in [6.45, 7) is 0. The van der Waals surface area contributed by atoms with Gasteiger partial charge in [-0.2, -0.15) is 5.26 Å². The van der Waals surface area contributed by atoms with Gasteiger partial charge in [-0.05, 0) is 36.5 Å². The summed E-state index contributed by atoms with van der Waals surface area (Å²) in [6.07, 6.45) is 4.59. The van der Waals surface area contributed by atoms with Crippen molar-refractivity contribution in [1.29, 1.82) is 5.26 Å². The summed E-state index contributed by atoms with van der Waals surface area (Å²) in [5.74, 6) is 0. The third-order valence-electron chi connectivity index (χ3n) is 6.05. The molecule has 0 aliphatic heterocycles. The number of rotatable bonds is 3. The summed E-state index contributed by atoms with van der Waals surface area (Å²) in [5.41, 5.74) is 11.4. The predicted molar refractivity (Wildman–Crippen MR) is 132 cm³/mol. The largest absolute Gasteiger partial charge is 0.327 e. The number of benzene rings is 2. The van der Waals surface area contributed by atoms with E-state index in [1.165, 1.54) is 6.20 Å². The van der Waals surface area contributed by atoms with Crippen molar-refractivity contribution in [2.24, 2.45) is 5.73 Å². The predicted octanol–water partition coefficient (Wildman–Crippen LogP) is 5.64. The molecule has 0 spiro atoms. The number of halogens is 2. The number of aromatic nitrogens is 2. The highest BCUT2D eigenvalue weighted by molar-refractivity contribution is 5.93. The molecule has 0 saturated heterocycles. The molecule has 0 unspecified atom stereocenters. The Kier molecular flexibility index (Phi) is 7.87. The Morgan fingerprint density at radius 3 is 2.21 bits per heavy atom. The van der Waals surface area contributed by atoms with E-state index in [0.717, 1.165) is 47.2 Å². The highest BCUT2D eigenvalue weighted by Gasteiger charge is 2.34. The monoisotopic (exact) mass is 460 g/mol. The molecule has 4 aromatic rings. The van der Waals surface area contributed by atoms with E-state index in [1.54, 1.807) is 0 Å². The second kappa shape index (κ2) is 10.8. The number of alkyl halides is 2. The Morgan fingerprint density at radius 1 is 1.00 bits per heavy atom. The molecule has 1 saturated carbocycles. The van der Waals surface area contributed by atoms with Crippen LogP contribution < -0.4 is 11.3 Å². The van der Waals surface area contributed by atoms with Crippen LogP contribution in [0.15, 0.2) is 71.7 Å². The number of fused-ring (bicyclic) bond motifs is 1. The lowest BCUT2D eigenvalue weighted by Gasteiger charge is -2.38. The number of nitrogens with one attached hydrogen (secondary N) is 1. The van der Waals surface area contributed by atoms with Gasteiger partial charge in [0.1, 0.15) is 6.07 Å². The normalized spacial score (nSPS) is 13.4. The van der Waals surface area contributed by atoms with E-state index in [2.05, 4.69) is 23.2 Å². The van der Waals surface area contributed by atoms with Crippen molar-refractivity contribution < 1.29 is 8.78 Å². The van der Waals surface area contributed by atoms with E-state index < -0.39 is 0 Å². The second-order valence-electron chi connectivity index (χ2n) is 7.88. The molecular weight excluding hydrogens is 434 g/mol. The summed E-state index contributed by atoms with van der Waals surface area (Å²) in [5, 5.41) is 9.91. The Morgan fingerprint density at radius 2 is 1.65 bits per heavy atom. The van der Waals surface area contributed by atoms with Gasteiger partial charge in [-0.25, -0.2) is 4.98 Å². The summed E-state index contributed by atoms with van der Waals surface area (Å²) in [4.78, 5) is 19.9. The number of nitrogens with zero attached hydrogens (tertiary/aromatic N) is 2. The van der Waals surface area contributed by atoms with Crippen molar-refractivity contribution in [2.75, 3.05) is 14.4 Å². The molecular formula is C27H26F2N4O. The summed E-state index contributed by atoms with van der Waals surface area (Å²) < 4.78 is 19.0. The molecule has 2 aromatic carbocycles. The van der Waals surface area contributed by atoms with Gasteiger partial charge in [-0.15, -0.1) is 0 Å². The lowest BCUT2D eigenvalue weighted by atomic mass is 9.72. The first-order valence-corrected chi connectivity index (χ1v) is 10.8. The number of hydrogen-bond donors (Lipinski definition) is 2. The number of aromatic amines is 1. The smallest absolute Gasteiger partial charge is 0.257 e. The lowest BCUT2D eigenvalue weighted by Crippen LogP contribution is -2.43. The van der Waals surface area contributed by atoms with Crippen LogP contribution in [0.2, 0.25) is 0 Å². The molecule has 3 N–H and O–H groups in total. The standard InChI is InChI=1S/C25H20N4O.2CH3F/c26-14-18-15-28-24(30)21-13-20(16-5-2-1-3-6-16)22(29-23(18)21)17-7-9-19(10-8-17)25(27)11-4-12-25;2*1-2/h1-3,5-10,13,15H,4,11-12,27H2,(H,28,30);2*1H3. The van der Waals surface area contributed by atoms with Gasteiger partial charge in [-0.3, -0.25) is 13.6 Å². The Labute approximate surface area is 196 Å². The fraction of sp³-hybridized carbons (Fsp3) is 0.222. The van der Waals surface area contributed by atoms with Crippen molar-refractivity contribution in [3.8, 4) is 28.5 Å². The van der Waals surface area contributed by atoms with E-state index in [1.807, 2.05) is 48.5 Å². The Bertz CT molecular complexity index is 1360. The first-order valence-electron chi connectivity index (χ1n) is 10.8. The molecule has 7 heteroatoms. The molecule has 0 radical (unpaired) electrons. The average Bonchev–Trinajstić information content (AvgIpc) is 2.90. The fourth-order valence-corrected chi connectivity index (χ4v) is 4.12. The number of nitriles is 1. The van der Waals surface area contributed by atoms with Crippen LogP contribution in [0.4, 0.5) is 8.78 Å². The van der Waals surface area contributed by atoms with Gasteiger partial charge in [0, 0.05) is 22.9 Å². The highest BCUT2D eigenvalue weighted by atomic mass is 19.1. The quantitative estimate of drug-likeness (QED) is 0.414. The first kappa shape index (κ1) is 24.7. The molecule has 0 amide bonds. The van der Waals surface area contributed by atoms with Gasteiger partial charge in [0.2, 0.25) is 0 Å². The van der Waals surface area contributed by atoms with Crippen LogP contribution in [-0.4, -0.2) is 24.3 Å². The lowest BCUT2D eigenvalue weighted by molar-refractivity contribution is 0.253. The van der Waals surface area contributed by atoms with Gasteiger partial charge in [0.05, 0.1) is 36.5 Å². The maximum absolute atomic E-state index is 12.5. The molecule has 0 bridgehead atoms. The van der Waals surface area contributed by atoms with Gasteiger partial charge in [0.15, 0.2) is 0 Å². The molecule has 1 fully saturated rings. The van der Waals surface area contributed by atoms with Crippen LogP contribution >= 0.6 is 0 Å². The van der Waals surface area contributed by atoms with E-state index >= 15 is 0 Å². The SMILES string of the molecule is CF.CF.N#Cc1c[nH]c(=O)c2cc(-c3ccccc3)c(-c3ccc(C4(N)CCC4)cc3)nc12. The minimum absolute atomic E-state index is 0.223. The molecule has 0 atom stereocenters. The summed E-state index contributed by atoms with van der Waals surface area (Å²) >= 11 is 0. The third-order valence-corrected chi connectivity index (χ3v) is 6.05. The summed E-state index contributed by atoms with van der Waals surface area (Å²) in [7, 11) is 1.00. The zero-order chi connectivity index (χ0) is 24.7. The van der Waals surface area contributed by atoms with Crippen molar-refractivity contribution in [2.45, 2.75) is 24.8 Å². The number of pyridine rings is 2. The number of H-pyrrole nitrogens is 1. The zero-order valence-corrected chi connectivity index (χ0v) is 19.1. The second-order valence-corrected chi connectivity index (χ2v) is 7.88. The number of hydrogen-bond acceptors (Lipinski definition) is 4. The molecule has 5 rings (SSSR count). The van der Waals surface area contributed by atoms with E-state index in [4.69, 9.17) is 10.7 Å². The van der Waals surface area contributed by atoms with E-state index in [9.17, 15) is 18.8 Å². The average molecular weight is 461 g/mol. The molecule has 2 heterocycles. The molecule has 1 aliphatic rings. The van der Waals surface area contributed by atoms with Gasteiger partial charge < -0.3 is 10.7 Å². The topological polar surface area (TPSA) is 95.6 Å².